The smallest absolute Gasteiger partial charge is 0.0223 e. The average molecular weight is 267 g/mol. The first-order valence-electron chi connectivity index (χ1n) is 8.42. The molecule has 3 nitrogen and oxygen atoms in total. The van der Waals surface area contributed by atoms with Crippen LogP contribution in [-0.2, 0) is 0 Å². The zero-order valence-corrected chi connectivity index (χ0v) is 13.2. The standard InChI is InChI=1S/C16H33N3/c1-4-17-14(2)8-7-11-18-13-16-9-5-6-10-19(16)12-15(18)3/h14-17H,4-13H2,1-3H3. The molecule has 2 heterocycles. The lowest BCUT2D eigenvalue weighted by Crippen LogP contribution is -2.58. The van der Waals surface area contributed by atoms with Gasteiger partial charge in [-0.15, -0.1) is 0 Å². The van der Waals surface area contributed by atoms with Crippen LogP contribution in [0, 0.1) is 0 Å². The second kappa shape index (κ2) is 7.61. The average Bonchev–Trinajstić information content (AvgIpc) is 2.39. The van der Waals surface area contributed by atoms with Gasteiger partial charge in [0.25, 0.3) is 0 Å². The number of piperidine rings is 1. The van der Waals surface area contributed by atoms with E-state index in [0.717, 1.165) is 18.6 Å². The van der Waals surface area contributed by atoms with Crippen molar-refractivity contribution in [3.8, 4) is 0 Å². The maximum atomic E-state index is 3.51. The van der Waals surface area contributed by atoms with Crippen LogP contribution in [0.2, 0.25) is 0 Å². The van der Waals surface area contributed by atoms with Gasteiger partial charge in [-0.05, 0) is 59.2 Å². The highest BCUT2D eigenvalue weighted by Crippen LogP contribution is 2.24. The molecule has 2 aliphatic rings. The molecule has 2 rings (SSSR count). The van der Waals surface area contributed by atoms with Crippen molar-refractivity contribution in [1.82, 2.24) is 15.1 Å². The summed E-state index contributed by atoms with van der Waals surface area (Å²) < 4.78 is 0. The summed E-state index contributed by atoms with van der Waals surface area (Å²) in [5, 5.41) is 3.51. The number of hydrogen-bond acceptors (Lipinski definition) is 3. The van der Waals surface area contributed by atoms with Gasteiger partial charge in [0.1, 0.15) is 0 Å². The monoisotopic (exact) mass is 267 g/mol. The molecule has 0 saturated carbocycles. The maximum absolute atomic E-state index is 3.51. The molecule has 0 aromatic carbocycles. The minimum Gasteiger partial charge on any atom is -0.315 e. The Labute approximate surface area is 119 Å². The van der Waals surface area contributed by atoms with Crippen LogP contribution < -0.4 is 5.32 Å². The van der Waals surface area contributed by atoms with Gasteiger partial charge in [0.15, 0.2) is 0 Å². The topological polar surface area (TPSA) is 18.5 Å². The quantitative estimate of drug-likeness (QED) is 0.797. The van der Waals surface area contributed by atoms with E-state index >= 15 is 0 Å². The molecule has 3 heteroatoms. The molecule has 0 radical (unpaired) electrons. The lowest BCUT2D eigenvalue weighted by Gasteiger charge is -2.47. The third-order valence-electron chi connectivity index (χ3n) is 4.95. The molecule has 2 saturated heterocycles. The van der Waals surface area contributed by atoms with Crippen molar-refractivity contribution < 1.29 is 0 Å². The third-order valence-corrected chi connectivity index (χ3v) is 4.95. The van der Waals surface area contributed by atoms with E-state index in [2.05, 4.69) is 35.9 Å². The van der Waals surface area contributed by atoms with Gasteiger partial charge in [-0.2, -0.15) is 0 Å². The molecular formula is C16H33N3. The van der Waals surface area contributed by atoms with Crippen molar-refractivity contribution >= 4 is 0 Å². The van der Waals surface area contributed by atoms with Gasteiger partial charge in [0.05, 0.1) is 0 Å². The van der Waals surface area contributed by atoms with Gasteiger partial charge in [-0.1, -0.05) is 13.3 Å². The summed E-state index contributed by atoms with van der Waals surface area (Å²) in [7, 11) is 0. The molecule has 2 aliphatic heterocycles. The van der Waals surface area contributed by atoms with Crippen molar-refractivity contribution in [2.24, 2.45) is 0 Å². The fourth-order valence-corrected chi connectivity index (χ4v) is 3.78. The minimum absolute atomic E-state index is 0.677. The molecule has 0 bridgehead atoms. The largest absolute Gasteiger partial charge is 0.315 e. The number of piperazine rings is 1. The highest BCUT2D eigenvalue weighted by atomic mass is 15.3. The van der Waals surface area contributed by atoms with Gasteiger partial charge >= 0.3 is 0 Å². The molecule has 112 valence electrons. The molecule has 0 amide bonds. The fourth-order valence-electron chi connectivity index (χ4n) is 3.78. The van der Waals surface area contributed by atoms with Crippen LogP contribution >= 0.6 is 0 Å². The van der Waals surface area contributed by atoms with Gasteiger partial charge < -0.3 is 5.32 Å². The zero-order chi connectivity index (χ0) is 13.7. The van der Waals surface area contributed by atoms with Crippen LogP contribution in [0.3, 0.4) is 0 Å². The summed E-state index contributed by atoms with van der Waals surface area (Å²) in [5.41, 5.74) is 0. The second-order valence-corrected chi connectivity index (χ2v) is 6.59. The number of nitrogens with zero attached hydrogens (tertiary/aromatic N) is 2. The Morgan fingerprint density at radius 2 is 2.11 bits per heavy atom. The number of hydrogen-bond donors (Lipinski definition) is 1. The molecule has 3 unspecified atom stereocenters. The summed E-state index contributed by atoms with van der Waals surface area (Å²) in [5.74, 6) is 0. The van der Waals surface area contributed by atoms with Crippen molar-refractivity contribution in [3.63, 3.8) is 0 Å². The molecule has 1 N–H and O–H groups in total. The molecular weight excluding hydrogens is 234 g/mol. The molecule has 3 atom stereocenters. The van der Waals surface area contributed by atoms with Gasteiger partial charge in [-0.25, -0.2) is 0 Å². The fraction of sp³-hybridized carbons (Fsp3) is 1.00. The van der Waals surface area contributed by atoms with Crippen LogP contribution in [0.1, 0.15) is 52.9 Å². The summed E-state index contributed by atoms with van der Waals surface area (Å²) in [6.45, 7) is 13.3. The van der Waals surface area contributed by atoms with Gasteiger partial charge in [-0.3, -0.25) is 9.80 Å². The van der Waals surface area contributed by atoms with Crippen molar-refractivity contribution in [2.75, 3.05) is 32.7 Å². The summed E-state index contributed by atoms with van der Waals surface area (Å²) in [6.07, 6.45) is 6.94. The van der Waals surface area contributed by atoms with E-state index < -0.39 is 0 Å². The lowest BCUT2D eigenvalue weighted by molar-refractivity contribution is 0.0144. The first kappa shape index (κ1) is 15.3. The Hall–Kier alpha value is -0.120. The summed E-state index contributed by atoms with van der Waals surface area (Å²) in [4.78, 5) is 5.48. The predicted molar refractivity (Wildman–Crippen MR) is 82.6 cm³/mol. The normalized spacial score (nSPS) is 31.1. The number of fused-ring (bicyclic) bond motifs is 1. The molecule has 2 fully saturated rings. The molecule has 0 aliphatic carbocycles. The van der Waals surface area contributed by atoms with Crippen LogP contribution in [0.4, 0.5) is 0 Å². The molecule has 0 aromatic heterocycles. The van der Waals surface area contributed by atoms with Gasteiger partial charge in [0, 0.05) is 31.2 Å². The van der Waals surface area contributed by atoms with E-state index in [4.69, 9.17) is 0 Å². The Bertz CT molecular complexity index is 256. The Morgan fingerprint density at radius 3 is 2.89 bits per heavy atom. The number of nitrogens with one attached hydrogen (secondary N) is 1. The molecule has 19 heavy (non-hydrogen) atoms. The molecule has 0 spiro atoms. The van der Waals surface area contributed by atoms with Crippen molar-refractivity contribution in [1.29, 1.82) is 0 Å². The van der Waals surface area contributed by atoms with Crippen LogP contribution in [0.15, 0.2) is 0 Å². The summed E-state index contributed by atoms with van der Waals surface area (Å²) >= 11 is 0. The first-order chi connectivity index (χ1) is 9.20. The van der Waals surface area contributed by atoms with E-state index in [0.29, 0.717) is 6.04 Å². The van der Waals surface area contributed by atoms with Crippen LogP contribution in [0.5, 0.6) is 0 Å². The summed E-state index contributed by atoms with van der Waals surface area (Å²) in [6, 6.07) is 2.29. The number of rotatable bonds is 6. The Morgan fingerprint density at radius 1 is 1.26 bits per heavy atom. The first-order valence-corrected chi connectivity index (χ1v) is 8.42. The van der Waals surface area contributed by atoms with E-state index in [9.17, 15) is 0 Å². The Balaban J connectivity index is 1.71. The van der Waals surface area contributed by atoms with Crippen LogP contribution in [0.25, 0.3) is 0 Å². The highest BCUT2D eigenvalue weighted by Gasteiger charge is 2.32. The third kappa shape index (κ3) is 4.44. The van der Waals surface area contributed by atoms with E-state index in [1.807, 2.05) is 0 Å². The SMILES string of the molecule is CCNC(C)CCCN1CC2CCCCN2CC1C. The molecule has 0 aromatic rings. The van der Waals surface area contributed by atoms with Crippen LogP contribution in [-0.4, -0.2) is 60.6 Å². The van der Waals surface area contributed by atoms with Gasteiger partial charge in [0.2, 0.25) is 0 Å². The van der Waals surface area contributed by atoms with Crippen molar-refractivity contribution in [2.45, 2.75) is 71.0 Å². The predicted octanol–water partition coefficient (Wildman–Crippen LogP) is 2.32. The van der Waals surface area contributed by atoms with Crippen molar-refractivity contribution in [3.05, 3.63) is 0 Å². The second-order valence-electron chi connectivity index (χ2n) is 6.59. The minimum atomic E-state index is 0.677. The van der Waals surface area contributed by atoms with E-state index in [1.165, 1.54) is 58.3 Å². The Kier molecular flexibility index (Phi) is 6.11. The maximum Gasteiger partial charge on any atom is 0.0223 e. The zero-order valence-electron chi connectivity index (χ0n) is 13.2. The van der Waals surface area contributed by atoms with E-state index in [-0.39, 0.29) is 0 Å². The lowest BCUT2D eigenvalue weighted by atomic mass is 9.97. The van der Waals surface area contributed by atoms with E-state index in [1.54, 1.807) is 0 Å². The highest BCUT2D eigenvalue weighted by molar-refractivity contribution is 4.89.